The Bertz CT molecular complexity index is 272. The summed E-state index contributed by atoms with van der Waals surface area (Å²) >= 11 is 0. The first-order valence-electron chi connectivity index (χ1n) is 8.86. The second-order valence-electron chi connectivity index (χ2n) is 6.59. The molecule has 0 amide bonds. The van der Waals surface area contributed by atoms with Crippen LogP contribution in [-0.4, -0.2) is 49.3 Å². The predicted octanol–water partition coefficient (Wildman–Crippen LogP) is 3.04. The van der Waals surface area contributed by atoms with E-state index in [4.69, 9.17) is 4.74 Å². The zero-order valence-corrected chi connectivity index (χ0v) is 13.7. The quantitative estimate of drug-likeness (QED) is 0.810. The van der Waals surface area contributed by atoms with Crippen LogP contribution in [0.2, 0.25) is 0 Å². The van der Waals surface area contributed by atoms with Crippen LogP contribution >= 0.6 is 0 Å². The minimum absolute atomic E-state index is 0.635. The zero-order chi connectivity index (χ0) is 14.4. The van der Waals surface area contributed by atoms with Gasteiger partial charge < -0.3 is 10.1 Å². The zero-order valence-electron chi connectivity index (χ0n) is 13.7. The van der Waals surface area contributed by atoms with Gasteiger partial charge in [-0.15, -0.1) is 0 Å². The van der Waals surface area contributed by atoms with Crippen molar-refractivity contribution in [3.05, 3.63) is 0 Å². The minimum atomic E-state index is 0.635. The van der Waals surface area contributed by atoms with Gasteiger partial charge in [-0.3, -0.25) is 4.90 Å². The lowest BCUT2D eigenvalue weighted by molar-refractivity contribution is -0.0497. The van der Waals surface area contributed by atoms with Gasteiger partial charge in [-0.25, -0.2) is 0 Å². The van der Waals surface area contributed by atoms with E-state index >= 15 is 0 Å². The van der Waals surface area contributed by atoms with Gasteiger partial charge in [-0.1, -0.05) is 27.2 Å². The molecule has 2 fully saturated rings. The first kappa shape index (κ1) is 16.3. The van der Waals surface area contributed by atoms with Crippen LogP contribution in [0.3, 0.4) is 0 Å². The van der Waals surface area contributed by atoms with E-state index in [0.29, 0.717) is 12.1 Å². The molecule has 1 saturated heterocycles. The largest absolute Gasteiger partial charge is 0.378 e. The summed E-state index contributed by atoms with van der Waals surface area (Å²) in [5, 5.41) is 3.83. The molecule has 3 nitrogen and oxygen atoms in total. The Morgan fingerprint density at radius 3 is 2.70 bits per heavy atom. The summed E-state index contributed by atoms with van der Waals surface area (Å²) in [6, 6.07) is 2.06. The summed E-state index contributed by atoms with van der Waals surface area (Å²) in [6.07, 6.45) is 7.95. The Balaban J connectivity index is 2.04. The van der Waals surface area contributed by atoms with E-state index in [-0.39, 0.29) is 0 Å². The fourth-order valence-corrected chi connectivity index (χ4v) is 3.99. The summed E-state index contributed by atoms with van der Waals surface area (Å²) in [5.74, 6) is 0.931. The average Bonchev–Trinajstić information content (AvgIpc) is 2.52. The Morgan fingerprint density at radius 2 is 2.00 bits per heavy atom. The molecular weight excluding hydrogens is 248 g/mol. The highest BCUT2D eigenvalue weighted by atomic mass is 16.5. The van der Waals surface area contributed by atoms with Crippen LogP contribution in [-0.2, 0) is 4.74 Å². The first-order chi connectivity index (χ1) is 9.80. The van der Waals surface area contributed by atoms with Crippen LogP contribution in [0.5, 0.6) is 0 Å². The number of ether oxygens (including phenoxy) is 1. The molecule has 0 bridgehead atoms. The van der Waals surface area contributed by atoms with Crippen LogP contribution in [0.4, 0.5) is 0 Å². The smallest absolute Gasteiger partial charge is 0.0622 e. The maximum absolute atomic E-state index is 5.70. The summed E-state index contributed by atoms with van der Waals surface area (Å²) in [4.78, 5) is 2.78. The maximum Gasteiger partial charge on any atom is 0.0622 e. The molecule has 3 heteroatoms. The van der Waals surface area contributed by atoms with Crippen LogP contribution in [0.25, 0.3) is 0 Å². The molecule has 20 heavy (non-hydrogen) atoms. The lowest BCUT2D eigenvalue weighted by Crippen LogP contribution is -2.59. The second kappa shape index (κ2) is 8.35. The highest BCUT2D eigenvalue weighted by Gasteiger charge is 2.37. The molecule has 1 aliphatic carbocycles. The highest BCUT2D eigenvalue weighted by Crippen LogP contribution is 2.32. The van der Waals surface area contributed by atoms with Crippen molar-refractivity contribution in [3.63, 3.8) is 0 Å². The third kappa shape index (κ3) is 3.96. The molecule has 4 unspecified atom stereocenters. The van der Waals surface area contributed by atoms with Crippen molar-refractivity contribution in [2.75, 3.05) is 26.3 Å². The van der Waals surface area contributed by atoms with Gasteiger partial charge in [0.1, 0.15) is 0 Å². The molecule has 1 aliphatic heterocycles. The van der Waals surface area contributed by atoms with Crippen molar-refractivity contribution in [3.8, 4) is 0 Å². The van der Waals surface area contributed by atoms with Crippen LogP contribution in [0.1, 0.15) is 59.3 Å². The van der Waals surface area contributed by atoms with Gasteiger partial charge in [0, 0.05) is 24.7 Å². The molecule has 0 aromatic heterocycles. The number of hydrogen-bond acceptors (Lipinski definition) is 3. The molecule has 0 spiro atoms. The summed E-state index contributed by atoms with van der Waals surface area (Å²) < 4.78 is 5.70. The third-order valence-corrected chi connectivity index (χ3v) is 5.33. The highest BCUT2D eigenvalue weighted by molar-refractivity contribution is 4.94. The van der Waals surface area contributed by atoms with Gasteiger partial charge in [-0.2, -0.15) is 0 Å². The van der Waals surface area contributed by atoms with E-state index in [1.807, 2.05) is 0 Å². The third-order valence-electron chi connectivity index (χ3n) is 5.33. The molecule has 1 N–H and O–H groups in total. The van der Waals surface area contributed by atoms with Crippen molar-refractivity contribution in [2.24, 2.45) is 5.92 Å². The lowest BCUT2D eigenvalue weighted by Gasteiger charge is -2.48. The Kier molecular flexibility index (Phi) is 6.79. The molecule has 0 radical (unpaired) electrons. The van der Waals surface area contributed by atoms with Gasteiger partial charge in [0.2, 0.25) is 0 Å². The van der Waals surface area contributed by atoms with E-state index in [2.05, 4.69) is 31.0 Å². The van der Waals surface area contributed by atoms with Crippen LogP contribution in [0, 0.1) is 5.92 Å². The number of nitrogens with one attached hydrogen (secondary N) is 1. The molecule has 1 saturated carbocycles. The van der Waals surface area contributed by atoms with Crippen molar-refractivity contribution in [1.82, 2.24) is 10.2 Å². The normalized spacial score (nSPS) is 36.1. The Morgan fingerprint density at radius 1 is 1.15 bits per heavy atom. The molecule has 1 heterocycles. The topological polar surface area (TPSA) is 24.5 Å². The average molecular weight is 282 g/mol. The van der Waals surface area contributed by atoms with E-state index < -0.39 is 0 Å². The SMILES string of the molecule is CCCNC1CCC(CC)CC1N1CCOCC1CC. The van der Waals surface area contributed by atoms with Gasteiger partial charge in [0.05, 0.1) is 13.2 Å². The van der Waals surface area contributed by atoms with Gasteiger partial charge in [-0.05, 0) is 44.6 Å². The molecule has 4 atom stereocenters. The van der Waals surface area contributed by atoms with Crippen molar-refractivity contribution in [1.29, 1.82) is 0 Å². The number of nitrogens with zero attached hydrogens (tertiary/aromatic N) is 1. The fourth-order valence-electron chi connectivity index (χ4n) is 3.99. The van der Waals surface area contributed by atoms with E-state index in [9.17, 15) is 0 Å². The number of morpholine rings is 1. The van der Waals surface area contributed by atoms with Gasteiger partial charge in [0.25, 0.3) is 0 Å². The summed E-state index contributed by atoms with van der Waals surface area (Å²) in [7, 11) is 0. The van der Waals surface area contributed by atoms with Crippen molar-refractivity contribution >= 4 is 0 Å². The monoisotopic (exact) mass is 282 g/mol. The molecular formula is C17H34N2O. The van der Waals surface area contributed by atoms with E-state index in [1.165, 1.54) is 45.1 Å². The Hall–Kier alpha value is -0.120. The summed E-state index contributed by atoms with van der Waals surface area (Å²) in [5.41, 5.74) is 0. The minimum Gasteiger partial charge on any atom is -0.378 e. The van der Waals surface area contributed by atoms with E-state index in [0.717, 1.165) is 31.7 Å². The number of rotatable bonds is 6. The molecule has 0 aromatic rings. The number of hydrogen-bond donors (Lipinski definition) is 1. The summed E-state index contributed by atoms with van der Waals surface area (Å²) in [6.45, 7) is 11.1. The molecule has 118 valence electrons. The van der Waals surface area contributed by atoms with Crippen LogP contribution in [0.15, 0.2) is 0 Å². The van der Waals surface area contributed by atoms with Crippen molar-refractivity contribution < 1.29 is 4.74 Å². The molecule has 0 aromatic carbocycles. The predicted molar refractivity (Wildman–Crippen MR) is 85.1 cm³/mol. The van der Waals surface area contributed by atoms with Crippen LogP contribution < -0.4 is 5.32 Å². The Labute approximate surface area is 125 Å². The van der Waals surface area contributed by atoms with Crippen molar-refractivity contribution in [2.45, 2.75) is 77.4 Å². The maximum atomic E-state index is 5.70. The van der Waals surface area contributed by atoms with E-state index in [1.54, 1.807) is 0 Å². The van der Waals surface area contributed by atoms with Gasteiger partial charge in [0.15, 0.2) is 0 Å². The fraction of sp³-hybridized carbons (Fsp3) is 1.00. The second-order valence-corrected chi connectivity index (χ2v) is 6.59. The first-order valence-corrected chi connectivity index (χ1v) is 8.86. The molecule has 2 rings (SSSR count). The lowest BCUT2D eigenvalue weighted by atomic mass is 9.79. The van der Waals surface area contributed by atoms with Gasteiger partial charge >= 0.3 is 0 Å². The standard InChI is InChI=1S/C17H34N2O/c1-4-9-18-16-8-7-14(5-2)12-17(16)19-10-11-20-13-15(19)6-3/h14-18H,4-13H2,1-3H3. The molecule has 2 aliphatic rings.